The number of hydrogen-bond donors (Lipinski definition) is 2. The third kappa shape index (κ3) is 3.77. The summed E-state index contributed by atoms with van der Waals surface area (Å²) in [6, 6.07) is 2.11. The van der Waals surface area contributed by atoms with Gasteiger partial charge in [0.05, 0.1) is 0 Å². The molecule has 1 atom stereocenters. The second kappa shape index (κ2) is 4.09. The molecule has 0 aliphatic carbocycles. The topological polar surface area (TPSA) is 52.0 Å². The zero-order valence-electron chi connectivity index (χ0n) is 7.88. The summed E-state index contributed by atoms with van der Waals surface area (Å²) >= 11 is 5.07. The van der Waals surface area contributed by atoms with E-state index in [1.807, 2.05) is 19.2 Å². The van der Waals surface area contributed by atoms with Gasteiger partial charge in [-0.1, -0.05) is 0 Å². The van der Waals surface area contributed by atoms with E-state index in [-0.39, 0.29) is 11.6 Å². The summed E-state index contributed by atoms with van der Waals surface area (Å²) in [5.74, 6) is 0. The van der Waals surface area contributed by atoms with E-state index in [1.165, 1.54) is 4.88 Å². The molecule has 74 valence electrons. The molecule has 0 saturated carbocycles. The molecule has 0 aliphatic rings. The van der Waals surface area contributed by atoms with Crippen molar-refractivity contribution in [2.75, 3.05) is 0 Å². The van der Waals surface area contributed by atoms with E-state index in [4.69, 9.17) is 11.5 Å². The fraction of sp³-hybridized carbons (Fsp3) is 0.556. The first-order chi connectivity index (χ1) is 5.88. The summed E-state index contributed by atoms with van der Waals surface area (Å²) in [4.78, 5) is 1.19. The molecule has 1 unspecified atom stereocenters. The van der Waals surface area contributed by atoms with Gasteiger partial charge in [0.15, 0.2) is 0 Å². The lowest BCUT2D eigenvalue weighted by molar-refractivity contribution is 0.432. The van der Waals surface area contributed by atoms with Crippen molar-refractivity contribution in [2.24, 2.45) is 11.5 Å². The van der Waals surface area contributed by atoms with Crippen molar-refractivity contribution in [3.8, 4) is 0 Å². The maximum atomic E-state index is 6.00. The van der Waals surface area contributed by atoms with Crippen LogP contribution in [0.15, 0.2) is 15.9 Å². The Kier molecular flexibility index (Phi) is 3.51. The van der Waals surface area contributed by atoms with Crippen LogP contribution in [0.5, 0.6) is 0 Å². The average molecular weight is 263 g/mol. The predicted octanol–water partition coefficient (Wildman–Crippen LogP) is 2.64. The van der Waals surface area contributed by atoms with Crippen LogP contribution in [0.2, 0.25) is 0 Å². The molecule has 4 heteroatoms. The van der Waals surface area contributed by atoms with Crippen LogP contribution in [-0.2, 0) is 0 Å². The van der Waals surface area contributed by atoms with Gasteiger partial charge in [-0.15, -0.1) is 11.3 Å². The molecule has 0 aliphatic heterocycles. The molecule has 0 fully saturated rings. The fourth-order valence-electron chi connectivity index (χ4n) is 1.19. The minimum Gasteiger partial charge on any atom is -0.325 e. The normalized spacial score (nSPS) is 14.5. The molecule has 0 saturated heterocycles. The van der Waals surface area contributed by atoms with E-state index in [0.29, 0.717) is 0 Å². The highest BCUT2D eigenvalue weighted by Gasteiger charge is 2.18. The number of hydrogen-bond acceptors (Lipinski definition) is 3. The fourth-order valence-corrected chi connectivity index (χ4v) is 2.64. The SMILES string of the molecule is CC(C)(N)CC(N)c1cc(Br)cs1. The van der Waals surface area contributed by atoms with Crippen molar-refractivity contribution in [3.63, 3.8) is 0 Å². The minimum absolute atomic E-state index is 0.0521. The molecule has 2 nitrogen and oxygen atoms in total. The molecule has 4 N–H and O–H groups in total. The first kappa shape index (κ1) is 11.2. The third-order valence-corrected chi connectivity index (χ3v) is 3.52. The van der Waals surface area contributed by atoms with Crippen LogP contribution in [0.3, 0.4) is 0 Å². The molecule has 0 aromatic carbocycles. The highest BCUT2D eigenvalue weighted by Crippen LogP contribution is 2.28. The van der Waals surface area contributed by atoms with Crippen LogP contribution in [0.4, 0.5) is 0 Å². The van der Waals surface area contributed by atoms with E-state index >= 15 is 0 Å². The number of nitrogens with two attached hydrogens (primary N) is 2. The van der Waals surface area contributed by atoms with Gasteiger partial charge < -0.3 is 11.5 Å². The predicted molar refractivity (Wildman–Crippen MR) is 61.8 cm³/mol. The molecule has 1 heterocycles. The van der Waals surface area contributed by atoms with Gasteiger partial charge in [0.1, 0.15) is 0 Å². The van der Waals surface area contributed by atoms with Crippen molar-refractivity contribution in [2.45, 2.75) is 31.8 Å². The van der Waals surface area contributed by atoms with E-state index < -0.39 is 0 Å². The molecule has 0 spiro atoms. The first-order valence-corrected chi connectivity index (χ1v) is 5.84. The molecule has 0 bridgehead atoms. The number of rotatable bonds is 3. The second-order valence-corrected chi connectivity index (χ2v) is 5.82. The molecule has 1 aromatic heterocycles. The summed E-state index contributed by atoms with van der Waals surface area (Å²) in [5, 5.41) is 2.04. The Balaban J connectivity index is 2.64. The van der Waals surface area contributed by atoms with Crippen LogP contribution >= 0.6 is 27.3 Å². The van der Waals surface area contributed by atoms with Crippen LogP contribution < -0.4 is 11.5 Å². The average Bonchev–Trinajstić information content (AvgIpc) is 2.31. The molecular formula is C9H15BrN2S. The van der Waals surface area contributed by atoms with Crippen molar-refractivity contribution in [1.82, 2.24) is 0 Å². The number of halogens is 1. The summed E-state index contributed by atoms with van der Waals surface area (Å²) in [7, 11) is 0. The summed E-state index contributed by atoms with van der Waals surface area (Å²) in [6.45, 7) is 3.99. The lowest BCUT2D eigenvalue weighted by Gasteiger charge is -2.22. The van der Waals surface area contributed by atoms with Gasteiger partial charge in [0.2, 0.25) is 0 Å². The van der Waals surface area contributed by atoms with Crippen molar-refractivity contribution >= 4 is 27.3 Å². The van der Waals surface area contributed by atoms with Gasteiger partial charge in [0.25, 0.3) is 0 Å². The second-order valence-electron chi connectivity index (χ2n) is 3.97. The first-order valence-electron chi connectivity index (χ1n) is 4.17. The maximum Gasteiger partial charge on any atom is 0.0407 e. The zero-order chi connectivity index (χ0) is 10.1. The van der Waals surface area contributed by atoms with E-state index in [2.05, 4.69) is 22.0 Å². The Morgan fingerprint density at radius 2 is 2.23 bits per heavy atom. The molecule has 13 heavy (non-hydrogen) atoms. The van der Waals surface area contributed by atoms with Crippen molar-refractivity contribution in [1.29, 1.82) is 0 Å². The van der Waals surface area contributed by atoms with Crippen LogP contribution in [0, 0.1) is 0 Å². The van der Waals surface area contributed by atoms with Crippen LogP contribution in [-0.4, -0.2) is 5.54 Å². The lowest BCUT2D eigenvalue weighted by Crippen LogP contribution is -2.35. The zero-order valence-corrected chi connectivity index (χ0v) is 10.3. The summed E-state index contributed by atoms with van der Waals surface area (Å²) < 4.78 is 1.10. The Labute approximate surface area is 91.4 Å². The van der Waals surface area contributed by atoms with Gasteiger partial charge >= 0.3 is 0 Å². The van der Waals surface area contributed by atoms with Gasteiger partial charge in [-0.3, -0.25) is 0 Å². The summed E-state index contributed by atoms with van der Waals surface area (Å²) in [6.07, 6.45) is 0.806. The van der Waals surface area contributed by atoms with E-state index in [9.17, 15) is 0 Å². The Morgan fingerprint density at radius 1 is 1.62 bits per heavy atom. The smallest absolute Gasteiger partial charge is 0.0407 e. The molecule has 0 radical (unpaired) electrons. The van der Waals surface area contributed by atoms with Crippen molar-refractivity contribution < 1.29 is 0 Å². The molecule has 1 rings (SSSR count). The largest absolute Gasteiger partial charge is 0.325 e. The van der Waals surface area contributed by atoms with Crippen LogP contribution in [0.1, 0.15) is 31.2 Å². The van der Waals surface area contributed by atoms with Crippen molar-refractivity contribution in [3.05, 3.63) is 20.8 Å². The van der Waals surface area contributed by atoms with Gasteiger partial charge in [-0.05, 0) is 42.3 Å². The van der Waals surface area contributed by atoms with E-state index in [0.717, 1.165) is 10.9 Å². The third-order valence-electron chi connectivity index (χ3n) is 1.70. The lowest BCUT2D eigenvalue weighted by atomic mass is 9.96. The van der Waals surface area contributed by atoms with Crippen LogP contribution in [0.25, 0.3) is 0 Å². The highest BCUT2D eigenvalue weighted by atomic mass is 79.9. The standard InChI is InChI=1S/C9H15BrN2S/c1-9(2,12)4-7(11)8-3-6(10)5-13-8/h3,5,7H,4,11-12H2,1-2H3. The molecular weight excluding hydrogens is 248 g/mol. The Bertz CT molecular complexity index is 277. The van der Waals surface area contributed by atoms with E-state index in [1.54, 1.807) is 11.3 Å². The number of thiophene rings is 1. The monoisotopic (exact) mass is 262 g/mol. The van der Waals surface area contributed by atoms with Gasteiger partial charge in [-0.2, -0.15) is 0 Å². The molecule has 0 amide bonds. The quantitative estimate of drug-likeness (QED) is 0.880. The van der Waals surface area contributed by atoms with Gasteiger partial charge in [-0.25, -0.2) is 0 Å². The molecule has 1 aromatic rings. The van der Waals surface area contributed by atoms with Gasteiger partial charge in [0, 0.05) is 26.3 Å². The minimum atomic E-state index is -0.199. The Hall–Kier alpha value is 0.1000. The maximum absolute atomic E-state index is 6.00. The Morgan fingerprint density at radius 3 is 2.62 bits per heavy atom. The highest BCUT2D eigenvalue weighted by molar-refractivity contribution is 9.10. The summed E-state index contributed by atoms with van der Waals surface area (Å²) in [5.41, 5.74) is 11.7.